The van der Waals surface area contributed by atoms with Crippen LogP contribution in [0.1, 0.15) is 40.1 Å². The summed E-state index contributed by atoms with van der Waals surface area (Å²) in [5.74, 6) is -1.17. The van der Waals surface area contributed by atoms with E-state index in [-0.39, 0.29) is 30.1 Å². The maximum Gasteiger partial charge on any atom is 0.297 e. The molecule has 0 spiro atoms. The molecule has 0 fully saturated rings. The summed E-state index contributed by atoms with van der Waals surface area (Å²) in [5.41, 5.74) is 3.88. The fourth-order valence-electron chi connectivity index (χ4n) is 5.03. The lowest BCUT2D eigenvalue weighted by Crippen LogP contribution is -2.38. The van der Waals surface area contributed by atoms with Crippen LogP contribution >= 0.6 is 0 Å². The lowest BCUT2D eigenvalue weighted by molar-refractivity contribution is 0.0673. The third kappa shape index (κ3) is 6.01. The maximum atomic E-state index is 13.9. The van der Waals surface area contributed by atoms with Crippen molar-refractivity contribution >= 4 is 16.0 Å². The van der Waals surface area contributed by atoms with Crippen molar-refractivity contribution in [3.8, 4) is 17.0 Å². The van der Waals surface area contributed by atoms with Crippen molar-refractivity contribution in [1.82, 2.24) is 14.7 Å². The van der Waals surface area contributed by atoms with Crippen molar-refractivity contribution in [3.05, 3.63) is 101 Å². The minimum absolute atomic E-state index is 0.0381. The van der Waals surface area contributed by atoms with E-state index < -0.39 is 21.8 Å². The molecule has 41 heavy (non-hydrogen) atoms. The molecule has 0 saturated carbocycles. The maximum absolute atomic E-state index is 13.9. The molecule has 2 heterocycles. The Balaban J connectivity index is 1.25. The highest BCUT2D eigenvalue weighted by Gasteiger charge is 2.33. The molecule has 0 bridgehead atoms. The highest BCUT2D eigenvalue weighted by Crippen LogP contribution is 2.36. The number of nitrogens with zero attached hydrogens (tertiary/aromatic N) is 3. The number of hydrogen-bond donors (Lipinski definition) is 0. The molecule has 3 aromatic carbocycles. The van der Waals surface area contributed by atoms with Crippen molar-refractivity contribution in [3.63, 3.8) is 0 Å². The van der Waals surface area contributed by atoms with Gasteiger partial charge in [0.1, 0.15) is 30.6 Å². The molecule has 8 nitrogen and oxygen atoms in total. The van der Waals surface area contributed by atoms with E-state index in [1.54, 1.807) is 53.0 Å². The number of carbonyl (C=O) groups excluding carboxylic acids is 1. The smallest absolute Gasteiger partial charge is 0.297 e. The van der Waals surface area contributed by atoms with Crippen LogP contribution in [-0.2, 0) is 27.8 Å². The molecular weight excluding hydrogens is 552 g/mol. The van der Waals surface area contributed by atoms with Crippen LogP contribution in [0, 0.1) is 18.6 Å². The van der Waals surface area contributed by atoms with Crippen molar-refractivity contribution < 1.29 is 30.9 Å². The predicted octanol–water partition coefficient (Wildman–Crippen LogP) is 5.22. The SMILES string of the molecule is Cc1ccc(S(=O)(=O)OCCOc2cccc(C(=O)N3CCc4c(nn(C)c4-c4cc(F)cc(F)c4)[C@@H]3C)c2)cc1. The molecule has 4 aromatic rings. The van der Waals surface area contributed by atoms with Gasteiger partial charge in [0.25, 0.3) is 16.0 Å². The second-order valence-corrected chi connectivity index (χ2v) is 11.5. The average Bonchev–Trinajstić information content (AvgIpc) is 3.27. The summed E-state index contributed by atoms with van der Waals surface area (Å²) in [4.78, 5) is 15.3. The monoisotopic (exact) mass is 581 g/mol. The van der Waals surface area contributed by atoms with Crippen LogP contribution in [0.3, 0.4) is 0 Å². The molecule has 0 aliphatic carbocycles. The van der Waals surface area contributed by atoms with Crippen LogP contribution in [-0.4, -0.2) is 48.8 Å². The Hall–Kier alpha value is -4.09. The average molecular weight is 582 g/mol. The molecule has 1 aliphatic heterocycles. The third-order valence-corrected chi connectivity index (χ3v) is 8.35. The highest BCUT2D eigenvalue weighted by molar-refractivity contribution is 7.86. The van der Waals surface area contributed by atoms with E-state index in [0.717, 1.165) is 17.2 Å². The van der Waals surface area contributed by atoms with Crippen LogP contribution < -0.4 is 4.74 Å². The number of fused-ring (bicyclic) bond motifs is 1. The summed E-state index contributed by atoms with van der Waals surface area (Å²) in [5, 5.41) is 4.60. The molecule has 0 radical (unpaired) electrons. The Morgan fingerprint density at radius 2 is 1.73 bits per heavy atom. The van der Waals surface area contributed by atoms with Gasteiger partial charge in [0.05, 0.1) is 22.3 Å². The number of carbonyl (C=O) groups is 1. The van der Waals surface area contributed by atoms with Gasteiger partial charge in [-0.05, 0) is 62.7 Å². The molecule has 11 heteroatoms. The van der Waals surface area contributed by atoms with E-state index in [4.69, 9.17) is 8.92 Å². The van der Waals surface area contributed by atoms with Gasteiger partial charge in [0.2, 0.25) is 0 Å². The minimum Gasteiger partial charge on any atom is -0.491 e. The molecular formula is C30H29F2N3O5S. The van der Waals surface area contributed by atoms with E-state index >= 15 is 0 Å². The van der Waals surface area contributed by atoms with Crippen LogP contribution in [0.2, 0.25) is 0 Å². The summed E-state index contributed by atoms with van der Waals surface area (Å²) in [6, 6.07) is 16.0. The number of hydrogen-bond acceptors (Lipinski definition) is 6. The normalized spacial score (nSPS) is 15.0. The molecule has 0 saturated heterocycles. The first-order valence-corrected chi connectivity index (χ1v) is 14.5. The Bertz CT molecular complexity index is 1680. The Kier molecular flexibility index (Phi) is 7.92. The largest absolute Gasteiger partial charge is 0.491 e. The lowest BCUT2D eigenvalue weighted by Gasteiger charge is -2.33. The van der Waals surface area contributed by atoms with Crippen molar-refractivity contribution in [1.29, 1.82) is 0 Å². The second-order valence-electron chi connectivity index (χ2n) is 9.88. The van der Waals surface area contributed by atoms with Crippen molar-refractivity contribution in [2.24, 2.45) is 7.05 Å². The fourth-order valence-corrected chi connectivity index (χ4v) is 5.93. The fraction of sp³-hybridized carbons (Fsp3) is 0.267. The van der Waals surface area contributed by atoms with Gasteiger partial charge in [0.15, 0.2) is 0 Å². The Labute approximate surface area is 237 Å². The van der Waals surface area contributed by atoms with Crippen molar-refractivity contribution in [2.75, 3.05) is 19.8 Å². The van der Waals surface area contributed by atoms with Crippen LogP contribution in [0.15, 0.2) is 71.6 Å². The number of rotatable bonds is 8. The molecule has 0 unspecified atom stereocenters. The summed E-state index contributed by atoms with van der Waals surface area (Å²) < 4.78 is 64.9. The number of halogens is 2. The molecule has 1 atom stereocenters. The van der Waals surface area contributed by atoms with Crippen LogP contribution in [0.5, 0.6) is 5.75 Å². The van der Waals surface area contributed by atoms with Gasteiger partial charge in [0, 0.05) is 36.3 Å². The zero-order valence-electron chi connectivity index (χ0n) is 22.8. The summed E-state index contributed by atoms with van der Waals surface area (Å²) in [7, 11) is -2.19. The van der Waals surface area contributed by atoms with Gasteiger partial charge in [-0.25, -0.2) is 8.78 Å². The zero-order chi connectivity index (χ0) is 29.3. The summed E-state index contributed by atoms with van der Waals surface area (Å²) in [6.07, 6.45) is 0.468. The van der Waals surface area contributed by atoms with Gasteiger partial charge in [-0.3, -0.25) is 13.7 Å². The van der Waals surface area contributed by atoms with E-state index in [1.165, 1.54) is 24.3 Å². The van der Waals surface area contributed by atoms with Gasteiger partial charge in [-0.2, -0.15) is 13.5 Å². The van der Waals surface area contributed by atoms with Gasteiger partial charge in [-0.15, -0.1) is 0 Å². The van der Waals surface area contributed by atoms with Crippen LogP contribution in [0.4, 0.5) is 8.78 Å². The van der Waals surface area contributed by atoms with Crippen molar-refractivity contribution in [2.45, 2.75) is 31.2 Å². The van der Waals surface area contributed by atoms with Crippen LogP contribution in [0.25, 0.3) is 11.3 Å². The first-order valence-electron chi connectivity index (χ1n) is 13.1. The molecule has 214 valence electrons. The number of amides is 1. The van der Waals surface area contributed by atoms with E-state index in [1.807, 2.05) is 13.8 Å². The van der Waals surface area contributed by atoms with E-state index in [2.05, 4.69) is 5.10 Å². The second kappa shape index (κ2) is 11.4. The number of aryl methyl sites for hydroxylation is 2. The summed E-state index contributed by atoms with van der Waals surface area (Å²) >= 11 is 0. The number of aromatic nitrogens is 2. The lowest BCUT2D eigenvalue weighted by atomic mass is 9.95. The topological polar surface area (TPSA) is 90.7 Å². The molecule has 1 aromatic heterocycles. The number of benzene rings is 3. The first kappa shape index (κ1) is 28.4. The number of ether oxygens (including phenoxy) is 1. The molecule has 5 rings (SSSR count). The molecule has 0 N–H and O–H groups in total. The van der Waals surface area contributed by atoms with E-state index in [0.29, 0.717) is 41.2 Å². The highest BCUT2D eigenvalue weighted by atomic mass is 32.2. The third-order valence-electron chi connectivity index (χ3n) is 7.02. The van der Waals surface area contributed by atoms with Gasteiger partial charge < -0.3 is 9.64 Å². The molecule has 1 aliphatic rings. The minimum atomic E-state index is -3.91. The predicted molar refractivity (Wildman–Crippen MR) is 148 cm³/mol. The molecule has 1 amide bonds. The first-order chi connectivity index (χ1) is 19.5. The Morgan fingerprint density at radius 1 is 1.02 bits per heavy atom. The van der Waals surface area contributed by atoms with Gasteiger partial charge in [-0.1, -0.05) is 23.8 Å². The standard InChI is InChI=1S/C30H29F2N3O5S/c1-19-7-9-26(10-8-19)41(37,38)40-14-13-39-25-6-4-5-21(17-25)30(36)35-12-11-27-28(20(35)2)33-34(3)29(27)22-15-23(31)18-24(32)16-22/h4-10,15-18,20H,11-14H2,1-3H3/t20-/m0/s1. The quantitative estimate of drug-likeness (QED) is 0.209. The zero-order valence-corrected chi connectivity index (χ0v) is 23.6. The van der Waals surface area contributed by atoms with Gasteiger partial charge >= 0.3 is 0 Å². The summed E-state index contributed by atoms with van der Waals surface area (Å²) in [6.45, 7) is 3.88. The Morgan fingerprint density at radius 3 is 2.44 bits per heavy atom. The van der Waals surface area contributed by atoms with E-state index in [9.17, 15) is 22.0 Å².